The Bertz CT molecular complexity index is 507. The van der Waals surface area contributed by atoms with Crippen molar-refractivity contribution in [1.82, 2.24) is 25.1 Å². The lowest BCUT2D eigenvalue weighted by Gasteiger charge is -2.38. The summed E-state index contributed by atoms with van der Waals surface area (Å²) in [4.78, 5) is 24.3. The van der Waals surface area contributed by atoms with E-state index in [2.05, 4.69) is 38.9 Å². The highest BCUT2D eigenvalue weighted by Gasteiger charge is 2.27. The number of rotatable bonds is 6. The normalized spacial score (nSPS) is 29.0. The molecule has 1 unspecified atom stereocenters. The van der Waals surface area contributed by atoms with Crippen LogP contribution in [0.4, 0.5) is 0 Å². The number of aromatic amines is 1. The third-order valence-corrected chi connectivity index (χ3v) is 5.61. The molecule has 0 spiro atoms. The molecule has 6 nitrogen and oxygen atoms in total. The molecule has 1 aromatic rings. The molecule has 3 heterocycles. The van der Waals surface area contributed by atoms with E-state index in [1.807, 2.05) is 6.20 Å². The van der Waals surface area contributed by atoms with E-state index in [0.717, 1.165) is 38.3 Å². The standard InChI is InChI=1S/C18H31N5O/c1-14-4-3-5-15(2)23(14)12-18(24)20-8-16-6-7-22(10-16)11-17-9-19-13-21-17/h9,13-16H,3-8,10-12H2,1-2H3,(H,19,21)(H,20,24)/t14-,15+,16?. The van der Waals surface area contributed by atoms with E-state index in [0.29, 0.717) is 24.5 Å². The molecular formula is C18H31N5O. The molecule has 2 aliphatic heterocycles. The molecule has 0 aliphatic carbocycles. The van der Waals surface area contributed by atoms with Crippen LogP contribution in [-0.2, 0) is 11.3 Å². The van der Waals surface area contributed by atoms with E-state index in [4.69, 9.17) is 0 Å². The fraction of sp³-hybridized carbons (Fsp3) is 0.778. The molecule has 3 atom stereocenters. The Morgan fingerprint density at radius 1 is 1.33 bits per heavy atom. The molecule has 6 heteroatoms. The molecule has 0 bridgehead atoms. The van der Waals surface area contributed by atoms with Gasteiger partial charge < -0.3 is 10.3 Å². The maximum atomic E-state index is 12.3. The van der Waals surface area contributed by atoms with E-state index >= 15 is 0 Å². The van der Waals surface area contributed by atoms with Crippen LogP contribution in [0.5, 0.6) is 0 Å². The van der Waals surface area contributed by atoms with Crippen molar-refractivity contribution in [3.63, 3.8) is 0 Å². The minimum absolute atomic E-state index is 0.183. The average Bonchev–Trinajstić information content (AvgIpc) is 3.21. The summed E-state index contributed by atoms with van der Waals surface area (Å²) in [6.45, 7) is 8.91. The molecule has 0 radical (unpaired) electrons. The van der Waals surface area contributed by atoms with Crippen LogP contribution >= 0.6 is 0 Å². The predicted molar refractivity (Wildman–Crippen MR) is 94.5 cm³/mol. The Labute approximate surface area is 145 Å². The topological polar surface area (TPSA) is 64.3 Å². The number of imidazole rings is 1. The van der Waals surface area contributed by atoms with Gasteiger partial charge in [-0.2, -0.15) is 0 Å². The SMILES string of the molecule is C[C@@H]1CCC[C@H](C)N1CC(=O)NCC1CCN(Cc2cnc[nH]2)C1. The van der Waals surface area contributed by atoms with Crippen molar-refractivity contribution < 1.29 is 4.79 Å². The summed E-state index contributed by atoms with van der Waals surface area (Å²) in [5.74, 6) is 0.746. The second-order valence-corrected chi connectivity index (χ2v) is 7.57. The molecule has 134 valence electrons. The minimum Gasteiger partial charge on any atom is -0.355 e. The first-order chi connectivity index (χ1) is 11.6. The lowest BCUT2D eigenvalue weighted by molar-refractivity contribution is -0.124. The summed E-state index contributed by atoms with van der Waals surface area (Å²) in [5, 5.41) is 3.16. The number of aromatic nitrogens is 2. The number of hydrogen-bond acceptors (Lipinski definition) is 4. The number of carbonyl (C=O) groups is 1. The summed E-state index contributed by atoms with van der Waals surface area (Å²) >= 11 is 0. The summed E-state index contributed by atoms with van der Waals surface area (Å²) in [5.41, 5.74) is 1.16. The second kappa shape index (κ2) is 8.12. The molecule has 1 aromatic heterocycles. The molecule has 24 heavy (non-hydrogen) atoms. The van der Waals surface area contributed by atoms with Gasteiger partial charge in [-0.05, 0) is 45.6 Å². The van der Waals surface area contributed by atoms with Crippen LogP contribution in [0.3, 0.4) is 0 Å². The highest BCUT2D eigenvalue weighted by Crippen LogP contribution is 2.22. The highest BCUT2D eigenvalue weighted by molar-refractivity contribution is 5.78. The summed E-state index contributed by atoms with van der Waals surface area (Å²) in [7, 11) is 0. The molecule has 3 rings (SSSR count). The number of piperidine rings is 1. The molecule has 1 amide bonds. The van der Waals surface area contributed by atoms with Crippen molar-refractivity contribution in [1.29, 1.82) is 0 Å². The van der Waals surface area contributed by atoms with Crippen LogP contribution in [-0.4, -0.2) is 63.9 Å². The van der Waals surface area contributed by atoms with Crippen LogP contribution < -0.4 is 5.32 Å². The zero-order chi connectivity index (χ0) is 16.9. The van der Waals surface area contributed by atoms with Gasteiger partial charge in [-0.15, -0.1) is 0 Å². The van der Waals surface area contributed by atoms with Gasteiger partial charge in [0.25, 0.3) is 0 Å². The molecule has 2 fully saturated rings. The monoisotopic (exact) mass is 333 g/mol. The summed E-state index contributed by atoms with van der Waals surface area (Å²) in [6, 6.07) is 1.05. The average molecular weight is 333 g/mol. The van der Waals surface area contributed by atoms with Gasteiger partial charge in [0.1, 0.15) is 0 Å². The third kappa shape index (κ3) is 4.57. The Hall–Kier alpha value is -1.40. The first-order valence-corrected chi connectivity index (χ1v) is 9.34. The van der Waals surface area contributed by atoms with E-state index in [-0.39, 0.29) is 5.91 Å². The molecule has 0 aromatic carbocycles. The van der Waals surface area contributed by atoms with E-state index < -0.39 is 0 Å². The van der Waals surface area contributed by atoms with Gasteiger partial charge in [-0.3, -0.25) is 14.6 Å². The Kier molecular flexibility index (Phi) is 5.89. The molecule has 0 saturated carbocycles. The molecular weight excluding hydrogens is 302 g/mol. The van der Waals surface area contributed by atoms with E-state index in [1.165, 1.54) is 19.3 Å². The maximum Gasteiger partial charge on any atom is 0.234 e. The number of carbonyl (C=O) groups excluding carboxylic acids is 1. The number of hydrogen-bond donors (Lipinski definition) is 2. The Morgan fingerprint density at radius 2 is 2.12 bits per heavy atom. The van der Waals surface area contributed by atoms with Crippen LogP contribution in [0.1, 0.15) is 45.2 Å². The van der Waals surface area contributed by atoms with Crippen molar-refractivity contribution in [2.75, 3.05) is 26.2 Å². The molecule has 2 aliphatic rings. The van der Waals surface area contributed by atoms with Crippen molar-refractivity contribution in [3.8, 4) is 0 Å². The molecule has 2 N–H and O–H groups in total. The van der Waals surface area contributed by atoms with Gasteiger partial charge in [0, 0.05) is 43.6 Å². The van der Waals surface area contributed by atoms with Crippen LogP contribution in [0, 0.1) is 5.92 Å². The van der Waals surface area contributed by atoms with Gasteiger partial charge in [0.2, 0.25) is 5.91 Å². The first-order valence-electron chi connectivity index (χ1n) is 9.34. The molecule has 2 saturated heterocycles. The lowest BCUT2D eigenvalue weighted by atomic mass is 9.97. The van der Waals surface area contributed by atoms with Crippen molar-refractivity contribution in [2.45, 2.75) is 58.2 Å². The second-order valence-electron chi connectivity index (χ2n) is 7.57. The Balaban J connectivity index is 1.37. The maximum absolute atomic E-state index is 12.3. The number of likely N-dealkylation sites (tertiary alicyclic amines) is 2. The third-order valence-electron chi connectivity index (χ3n) is 5.61. The fourth-order valence-corrected chi connectivity index (χ4v) is 4.10. The number of nitrogens with one attached hydrogen (secondary N) is 2. The lowest BCUT2D eigenvalue weighted by Crippen LogP contribution is -2.49. The minimum atomic E-state index is 0.183. The smallest absolute Gasteiger partial charge is 0.234 e. The number of H-pyrrole nitrogens is 1. The van der Waals surface area contributed by atoms with Crippen molar-refractivity contribution in [2.24, 2.45) is 5.92 Å². The summed E-state index contributed by atoms with van der Waals surface area (Å²) < 4.78 is 0. The van der Waals surface area contributed by atoms with Crippen LogP contribution in [0.25, 0.3) is 0 Å². The number of amides is 1. The van der Waals surface area contributed by atoms with Gasteiger partial charge in [0.05, 0.1) is 12.9 Å². The predicted octanol–water partition coefficient (Wildman–Crippen LogP) is 1.61. The van der Waals surface area contributed by atoms with Gasteiger partial charge in [-0.1, -0.05) is 6.42 Å². The highest BCUT2D eigenvalue weighted by atomic mass is 16.2. The Morgan fingerprint density at radius 3 is 2.83 bits per heavy atom. The van der Waals surface area contributed by atoms with Crippen LogP contribution in [0.15, 0.2) is 12.5 Å². The van der Waals surface area contributed by atoms with E-state index in [9.17, 15) is 4.79 Å². The quantitative estimate of drug-likeness (QED) is 0.830. The number of nitrogens with zero attached hydrogens (tertiary/aromatic N) is 3. The van der Waals surface area contributed by atoms with Gasteiger partial charge in [0.15, 0.2) is 0 Å². The van der Waals surface area contributed by atoms with Gasteiger partial charge >= 0.3 is 0 Å². The zero-order valence-corrected chi connectivity index (χ0v) is 15.0. The zero-order valence-electron chi connectivity index (χ0n) is 15.0. The summed E-state index contributed by atoms with van der Waals surface area (Å²) in [6.07, 6.45) is 8.48. The van der Waals surface area contributed by atoms with Crippen molar-refractivity contribution in [3.05, 3.63) is 18.2 Å². The first kappa shape index (κ1) is 17.4. The van der Waals surface area contributed by atoms with Gasteiger partial charge in [-0.25, -0.2) is 4.98 Å². The van der Waals surface area contributed by atoms with Crippen LogP contribution in [0.2, 0.25) is 0 Å². The van der Waals surface area contributed by atoms with E-state index in [1.54, 1.807) is 6.33 Å². The largest absolute Gasteiger partial charge is 0.355 e. The fourth-order valence-electron chi connectivity index (χ4n) is 4.10. The van der Waals surface area contributed by atoms with Crippen molar-refractivity contribution >= 4 is 5.91 Å².